The van der Waals surface area contributed by atoms with Gasteiger partial charge in [-0.25, -0.2) is 0 Å². The molecular weight excluding hydrogens is 401 g/mol. The SMILES string of the molecule is C=CCCCC1COC(CCC2COC(c3ccc(OC(F)(F)F)cc3)OC2)OC1. The number of alkyl halides is 3. The maximum atomic E-state index is 12.2. The van der Waals surface area contributed by atoms with E-state index in [4.69, 9.17) is 18.9 Å². The van der Waals surface area contributed by atoms with Gasteiger partial charge in [-0.2, -0.15) is 0 Å². The number of benzene rings is 1. The highest BCUT2D eigenvalue weighted by molar-refractivity contribution is 5.28. The zero-order valence-corrected chi connectivity index (χ0v) is 16.9. The molecule has 30 heavy (non-hydrogen) atoms. The molecular formula is C22H29F3O5. The predicted molar refractivity (Wildman–Crippen MR) is 104 cm³/mol. The van der Waals surface area contributed by atoms with Crippen molar-refractivity contribution in [2.24, 2.45) is 11.8 Å². The first kappa shape index (κ1) is 23.1. The lowest BCUT2D eigenvalue weighted by molar-refractivity contribution is -0.274. The number of ether oxygens (including phenoxy) is 5. The van der Waals surface area contributed by atoms with E-state index < -0.39 is 12.7 Å². The van der Waals surface area contributed by atoms with Crippen LogP contribution in [-0.2, 0) is 18.9 Å². The fourth-order valence-corrected chi connectivity index (χ4v) is 3.57. The van der Waals surface area contributed by atoms with Gasteiger partial charge in [0.1, 0.15) is 5.75 Å². The largest absolute Gasteiger partial charge is 0.573 e. The molecule has 0 N–H and O–H groups in total. The second-order valence-electron chi connectivity index (χ2n) is 7.74. The van der Waals surface area contributed by atoms with Crippen LogP contribution in [0.3, 0.4) is 0 Å². The summed E-state index contributed by atoms with van der Waals surface area (Å²) in [7, 11) is 0. The van der Waals surface area contributed by atoms with Crippen LogP contribution in [0.2, 0.25) is 0 Å². The van der Waals surface area contributed by atoms with Crippen LogP contribution in [0.4, 0.5) is 13.2 Å². The van der Waals surface area contributed by atoms with Crippen LogP contribution in [0.1, 0.15) is 44.0 Å². The van der Waals surface area contributed by atoms with Crippen molar-refractivity contribution < 1.29 is 36.9 Å². The summed E-state index contributed by atoms with van der Waals surface area (Å²) in [6, 6.07) is 5.54. The van der Waals surface area contributed by atoms with E-state index in [1.807, 2.05) is 6.08 Å². The summed E-state index contributed by atoms with van der Waals surface area (Å²) in [6.45, 7) is 6.23. The van der Waals surface area contributed by atoms with Crippen LogP contribution in [0.25, 0.3) is 0 Å². The molecule has 2 aliphatic heterocycles. The molecule has 8 heteroatoms. The summed E-state index contributed by atoms with van der Waals surface area (Å²) in [5, 5.41) is 0. The summed E-state index contributed by atoms with van der Waals surface area (Å²) >= 11 is 0. The summed E-state index contributed by atoms with van der Waals surface area (Å²) < 4.78 is 63.7. The first-order valence-electron chi connectivity index (χ1n) is 10.4. The molecule has 0 saturated carbocycles. The lowest BCUT2D eigenvalue weighted by Gasteiger charge is -2.32. The topological polar surface area (TPSA) is 46.2 Å². The number of rotatable bonds is 9. The van der Waals surface area contributed by atoms with Gasteiger partial charge in [0.05, 0.1) is 26.4 Å². The monoisotopic (exact) mass is 430 g/mol. The quantitative estimate of drug-likeness (QED) is 0.389. The highest BCUT2D eigenvalue weighted by atomic mass is 19.4. The molecule has 2 heterocycles. The van der Waals surface area contributed by atoms with Crippen molar-refractivity contribution in [3.05, 3.63) is 42.5 Å². The highest BCUT2D eigenvalue weighted by Gasteiger charge is 2.31. The van der Waals surface area contributed by atoms with Crippen molar-refractivity contribution >= 4 is 0 Å². The van der Waals surface area contributed by atoms with E-state index in [0.29, 0.717) is 24.7 Å². The third-order valence-corrected chi connectivity index (χ3v) is 5.22. The van der Waals surface area contributed by atoms with Crippen LogP contribution in [0.15, 0.2) is 36.9 Å². The summed E-state index contributed by atoms with van der Waals surface area (Å²) in [5.41, 5.74) is 0.657. The highest BCUT2D eigenvalue weighted by Crippen LogP contribution is 2.30. The van der Waals surface area contributed by atoms with E-state index in [9.17, 15) is 13.2 Å². The molecule has 0 aliphatic carbocycles. The van der Waals surface area contributed by atoms with Crippen LogP contribution < -0.4 is 4.74 Å². The van der Waals surface area contributed by atoms with Crippen molar-refractivity contribution in [1.82, 2.24) is 0 Å². The van der Waals surface area contributed by atoms with Gasteiger partial charge < -0.3 is 23.7 Å². The van der Waals surface area contributed by atoms with E-state index in [0.717, 1.165) is 45.3 Å². The minimum atomic E-state index is -4.70. The Hall–Kier alpha value is -1.61. The Balaban J connectivity index is 1.33. The number of allylic oxidation sites excluding steroid dienone is 1. The standard InChI is InChI=1S/C22H29F3O5/c1-2-3-4-5-16-12-26-20(27-13-16)11-6-17-14-28-21(29-15-17)18-7-9-19(10-8-18)30-22(23,24)25/h2,7-10,16-17,20-21H,1,3-6,11-15H2. The van der Waals surface area contributed by atoms with E-state index in [1.54, 1.807) is 0 Å². The van der Waals surface area contributed by atoms with Gasteiger partial charge in [-0.15, -0.1) is 19.8 Å². The average Bonchev–Trinajstić information content (AvgIpc) is 2.73. The van der Waals surface area contributed by atoms with E-state index in [2.05, 4.69) is 11.3 Å². The van der Waals surface area contributed by atoms with Gasteiger partial charge in [0.25, 0.3) is 0 Å². The lowest BCUT2D eigenvalue weighted by Crippen LogP contribution is -2.33. The maximum Gasteiger partial charge on any atom is 0.573 e. The van der Waals surface area contributed by atoms with Gasteiger partial charge in [-0.3, -0.25) is 0 Å². The second kappa shape index (κ2) is 11.1. The molecule has 1 aromatic carbocycles. The fraction of sp³-hybridized carbons (Fsp3) is 0.636. The smallest absolute Gasteiger partial charge is 0.406 e. The van der Waals surface area contributed by atoms with Crippen LogP contribution >= 0.6 is 0 Å². The normalized spacial score (nSPS) is 27.6. The summed E-state index contributed by atoms with van der Waals surface area (Å²) in [4.78, 5) is 0. The van der Waals surface area contributed by atoms with Gasteiger partial charge in [0.15, 0.2) is 12.6 Å². The molecule has 0 unspecified atom stereocenters. The number of halogens is 3. The Morgan fingerprint density at radius 2 is 1.50 bits per heavy atom. The maximum absolute atomic E-state index is 12.2. The Bertz CT molecular complexity index is 633. The summed E-state index contributed by atoms with van der Waals surface area (Å²) in [5.74, 6) is 0.415. The van der Waals surface area contributed by atoms with Crippen molar-refractivity contribution in [3.8, 4) is 5.75 Å². The Morgan fingerprint density at radius 3 is 2.10 bits per heavy atom. The van der Waals surface area contributed by atoms with E-state index in [1.165, 1.54) is 24.3 Å². The number of unbranched alkanes of at least 4 members (excludes halogenated alkanes) is 1. The molecule has 0 bridgehead atoms. The molecule has 5 nitrogen and oxygen atoms in total. The number of hydrogen-bond acceptors (Lipinski definition) is 5. The van der Waals surface area contributed by atoms with Crippen LogP contribution in [0.5, 0.6) is 5.75 Å². The molecule has 2 saturated heterocycles. The first-order valence-corrected chi connectivity index (χ1v) is 10.4. The second-order valence-corrected chi connectivity index (χ2v) is 7.74. The van der Waals surface area contributed by atoms with Gasteiger partial charge >= 0.3 is 6.36 Å². The number of hydrogen-bond donors (Lipinski definition) is 0. The molecule has 0 spiro atoms. The van der Waals surface area contributed by atoms with Gasteiger partial charge in [0.2, 0.25) is 0 Å². The molecule has 0 amide bonds. The van der Waals surface area contributed by atoms with Crippen LogP contribution in [-0.4, -0.2) is 39.1 Å². The van der Waals surface area contributed by atoms with Crippen molar-refractivity contribution in [1.29, 1.82) is 0 Å². The molecule has 0 atom stereocenters. The van der Waals surface area contributed by atoms with E-state index >= 15 is 0 Å². The molecule has 2 fully saturated rings. The average molecular weight is 430 g/mol. The first-order chi connectivity index (χ1) is 14.4. The van der Waals surface area contributed by atoms with Gasteiger partial charge in [0, 0.05) is 17.4 Å². The molecule has 3 rings (SSSR count). The molecule has 0 radical (unpaired) electrons. The van der Waals surface area contributed by atoms with Crippen molar-refractivity contribution in [3.63, 3.8) is 0 Å². The molecule has 2 aliphatic rings. The van der Waals surface area contributed by atoms with Gasteiger partial charge in [-0.05, 0) is 44.2 Å². The zero-order chi connectivity index (χ0) is 21.4. The lowest BCUT2D eigenvalue weighted by atomic mass is 10.0. The van der Waals surface area contributed by atoms with Crippen molar-refractivity contribution in [2.45, 2.75) is 51.0 Å². The van der Waals surface area contributed by atoms with Crippen molar-refractivity contribution in [2.75, 3.05) is 26.4 Å². The third-order valence-electron chi connectivity index (χ3n) is 5.22. The summed E-state index contributed by atoms with van der Waals surface area (Å²) in [6.07, 6.45) is 1.33. The Kier molecular flexibility index (Phi) is 8.56. The third kappa shape index (κ3) is 7.58. The molecule has 168 valence electrons. The minimum Gasteiger partial charge on any atom is -0.406 e. The van der Waals surface area contributed by atoms with Crippen LogP contribution in [0, 0.1) is 11.8 Å². The Morgan fingerprint density at radius 1 is 0.900 bits per heavy atom. The van der Waals surface area contributed by atoms with E-state index in [-0.39, 0.29) is 18.0 Å². The Labute approximate surface area is 175 Å². The fourth-order valence-electron chi connectivity index (χ4n) is 3.57. The van der Waals surface area contributed by atoms with Gasteiger partial charge in [-0.1, -0.05) is 18.2 Å². The molecule has 0 aromatic heterocycles. The predicted octanol–water partition coefficient (Wildman–Crippen LogP) is 5.37. The molecule has 1 aromatic rings. The zero-order valence-electron chi connectivity index (χ0n) is 16.9. The minimum absolute atomic E-state index is 0.181.